The molecule has 1 atom stereocenters. The molecule has 0 aliphatic heterocycles. The third kappa shape index (κ3) is 4.15. The maximum Gasteiger partial charge on any atom is 0.340 e. The molecule has 2 aromatic carbocycles. The van der Waals surface area contributed by atoms with Crippen molar-refractivity contribution in [2.45, 2.75) is 25.4 Å². The lowest BCUT2D eigenvalue weighted by Gasteiger charge is -2.19. The van der Waals surface area contributed by atoms with E-state index >= 15 is 0 Å². The number of esters is 1. The summed E-state index contributed by atoms with van der Waals surface area (Å²) in [7, 11) is 0. The number of carbonyl (C=O) groups is 1. The summed E-state index contributed by atoms with van der Waals surface area (Å²) in [6.07, 6.45) is -1.53. The number of hydrogen-bond donors (Lipinski definition) is 0. The van der Waals surface area contributed by atoms with Crippen LogP contribution in [0.15, 0.2) is 60.7 Å². The summed E-state index contributed by atoms with van der Waals surface area (Å²) in [6.45, 7) is 1.87. The van der Waals surface area contributed by atoms with E-state index in [1.807, 2.05) is 60.7 Å². The van der Waals surface area contributed by atoms with Gasteiger partial charge in [-0.25, -0.2) is 9.18 Å². The van der Waals surface area contributed by atoms with Crippen molar-refractivity contribution < 1.29 is 13.9 Å². The van der Waals surface area contributed by atoms with Gasteiger partial charge in [-0.1, -0.05) is 60.7 Å². The summed E-state index contributed by atoms with van der Waals surface area (Å²) in [4.78, 5) is 11.5. The van der Waals surface area contributed by atoms with Gasteiger partial charge in [0.1, 0.15) is 0 Å². The Balaban J connectivity index is 2.23. The Labute approximate surface area is 124 Å². The number of ether oxygens (including phenoxy) is 1. The van der Waals surface area contributed by atoms with Crippen LogP contribution in [0.5, 0.6) is 0 Å². The molecule has 0 spiro atoms. The molecule has 2 aromatic rings. The zero-order valence-electron chi connectivity index (χ0n) is 12.0. The monoisotopic (exact) mass is 286 g/mol. The van der Waals surface area contributed by atoms with Crippen LogP contribution in [-0.2, 0) is 9.53 Å². The Morgan fingerprint density at radius 1 is 1.00 bits per heavy atom. The second-order valence-corrected chi connectivity index (χ2v) is 4.83. The standard InChI is InChI=1S/C18H19FO2/c1-2-21-18(20)17(19)13-16(14-9-5-3-6-10-14)15-11-7-4-8-12-15/h3-12,16-17H,2,13H2,1H3/t17-/m1/s1. The highest BCUT2D eigenvalue weighted by Crippen LogP contribution is 2.30. The lowest BCUT2D eigenvalue weighted by Crippen LogP contribution is -2.22. The molecule has 0 saturated carbocycles. The third-order valence-electron chi connectivity index (χ3n) is 3.39. The number of carbonyl (C=O) groups excluding carboxylic acids is 1. The van der Waals surface area contributed by atoms with E-state index in [0.29, 0.717) is 0 Å². The molecule has 21 heavy (non-hydrogen) atoms. The minimum absolute atomic E-state index is 0.0901. The van der Waals surface area contributed by atoms with Gasteiger partial charge in [0.2, 0.25) is 0 Å². The summed E-state index contributed by atoms with van der Waals surface area (Å²) in [6, 6.07) is 19.3. The normalized spacial score (nSPS) is 12.1. The maximum absolute atomic E-state index is 14.1. The summed E-state index contributed by atoms with van der Waals surface area (Å²) in [5, 5.41) is 0. The quantitative estimate of drug-likeness (QED) is 0.747. The number of hydrogen-bond acceptors (Lipinski definition) is 2. The molecule has 3 heteroatoms. The van der Waals surface area contributed by atoms with E-state index in [1.165, 1.54) is 0 Å². The van der Waals surface area contributed by atoms with Gasteiger partial charge < -0.3 is 4.74 Å². The molecule has 0 radical (unpaired) electrons. The average molecular weight is 286 g/mol. The first kappa shape index (κ1) is 15.2. The van der Waals surface area contributed by atoms with Crippen molar-refractivity contribution in [3.63, 3.8) is 0 Å². The molecule has 0 amide bonds. The van der Waals surface area contributed by atoms with Crippen LogP contribution in [0, 0.1) is 0 Å². The lowest BCUT2D eigenvalue weighted by atomic mass is 9.87. The molecule has 2 rings (SSSR count). The second-order valence-electron chi connectivity index (χ2n) is 4.83. The Morgan fingerprint density at radius 3 is 1.90 bits per heavy atom. The van der Waals surface area contributed by atoms with Gasteiger partial charge in [0, 0.05) is 12.3 Å². The number of benzene rings is 2. The van der Waals surface area contributed by atoms with E-state index < -0.39 is 12.1 Å². The van der Waals surface area contributed by atoms with E-state index in [4.69, 9.17) is 4.74 Å². The predicted molar refractivity (Wildman–Crippen MR) is 80.9 cm³/mol. The number of rotatable bonds is 6. The van der Waals surface area contributed by atoms with E-state index in [1.54, 1.807) is 6.92 Å². The number of alkyl halides is 1. The molecule has 0 aliphatic rings. The van der Waals surface area contributed by atoms with Crippen molar-refractivity contribution in [2.24, 2.45) is 0 Å². The summed E-state index contributed by atoms with van der Waals surface area (Å²) < 4.78 is 18.9. The molecule has 110 valence electrons. The highest BCUT2D eigenvalue weighted by atomic mass is 19.1. The van der Waals surface area contributed by atoms with Crippen molar-refractivity contribution in [2.75, 3.05) is 6.61 Å². The van der Waals surface area contributed by atoms with Gasteiger partial charge in [0.25, 0.3) is 0 Å². The van der Waals surface area contributed by atoms with Gasteiger partial charge in [-0.2, -0.15) is 0 Å². The molecular formula is C18H19FO2. The van der Waals surface area contributed by atoms with Crippen LogP contribution >= 0.6 is 0 Å². The van der Waals surface area contributed by atoms with E-state index in [9.17, 15) is 9.18 Å². The molecular weight excluding hydrogens is 267 g/mol. The van der Waals surface area contributed by atoms with Gasteiger partial charge >= 0.3 is 5.97 Å². The van der Waals surface area contributed by atoms with Crippen molar-refractivity contribution in [3.05, 3.63) is 71.8 Å². The molecule has 0 heterocycles. The molecule has 0 bridgehead atoms. The Kier molecular flexibility index (Phi) is 5.50. The maximum atomic E-state index is 14.1. The topological polar surface area (TPSA) is 26.3 Å². The van der Waals surface area contributed by atoms with Crippen LogP contribution in [-0.4, -0.2) is 18.7 Å². The Bertz CT molecular complexity index is 514. The first-order valence-corrected chi connectivity index (χ1v) is 7.13. The molecule has 0 aliphatic carbocycles. The van der Waals surface area contributed by atoms with E-state index in [-0.39, 0.29) is 18.9 Å². The molecule has 0 aromatic heterocycles. The summed E-state index contributed by atoms with van der Waals surface area (Å²) >= 11 is 0. The van der Waals surface area contributed by atoms with Crippen LogP contribution in [0.2, 0.25) is 0 Å². The minimum Gasteiger partial charge on any atom is -0.464 e. The van der Waals surface area contributed by atoms with Crippen molar-refractivity contribution >= 4 is 5.97 Å². The van der Waals surface area contributed by atoms with Crippen LogP contribution < -0.4 is 0 Å². The van der Waals surface area contributed by atoms with Crippen molar-refractivity contribution in [3.8, 4) is 0 Å². The Hall–Kier alpha value is -2.16. The van der Waals surface area contributed by atoms with Gasteiger partial charge in [-0.15, -0.1) is 0 Å². The minimum atomic E-state index is -1.62. The smallest absolute Gasteiger partial charge is 0.340 e. The van der Waals surface area contributed by atoms with Gasteiger partial charge in [-0.3, -0.25) is 0 Å². The third-order valence-corrected chi connectivity index (χ3v) is 3.39. The predicted octanol–water partition coefficient (Wildman–Crippen LogP) is 4.11. The van der Waals surface area contributed by atoms with Gasteiger partial charge in [-0.05, 0) is 18.1 Å². The van der Waals surface area contributed by atoms with E-state index in [2.05, 4.69) is 0 Å². The van der Waals surface area contributed by atoms with Crippen LogP contribution in [0.25, 0.3) is 0 Å². The van der Waals surface area contributed by atoms with Crippen molar-refractivity contribution in [1.82, 2.24) is 0 Å². The number of halogens is 1. The summed E-state index contributed by atoms with van der Waals surface area (Å²) in [5.74, 6) is -0.943. The highest BCUT2D eigenvalue weighted by Gasteiger charge is 2.25. The van der Waals surface area contributed by atoms with Gasteiger partial charge in [0.15, 0.2) is 6.17 Å². The van der Waals surface area contributed by atoms with Crippen LogP contribution in [0.4, 0.5) is 4.39 Å². The molecule has 2 nitrogen and oxygen atoms in total. The fourth-order valence-electron chi connectivity index (χ4n) is 2.37. The Morgan fingerprint density at radius 2 is 1.48 bits per heavy atom. The van der Waals surface area contributed by atoms with E-state index in [0.717, 1.165) is 11.1 Å². The molecule has 0 N–H and O–H groups in total. The molecule has 0 saturated heterocycles. The fourth-order valence-corrected chi connectivity index (χ4v) is 2.37. The van der Waals surface area contributed by atoms with Crippen LogP contribution in [0.1, 0.15) is 30.4 Å². The SMILES string of the molecule is CCOC(=O)[C@H](F)CC(c1ccccc1)c1ccccc1. The van der Waals surface area contributed by atoms with Crippen molar-refractivity contribution in [1.29, 1.82) is 0 Å². The zero-order chi connectivity index (χ0) is 15.1. The van der Waals surface area contributed by atoms with Crippen LogP contribution in [0.3, 0.4) is 0 Å². The largest absolute Gasteiger partial charge is 0.464 e. The average Bonchev–Trinajstić information content (AvgIpc) is 2.54. The fraction of sp³-hybridized carbons (Fsp3) is 0.278. The summed E-state index contributed by atoms with van der Waals surface area (Å²) in [5.41, 5.74) is 1.99. The van der Waals surface area contributed by atoms with Gasteiger partial charge in [0.05, 0.1) is 6.61 Å². The molecule has 0 unspecified atom stereocenters. The first-order valence-electron chi connectivity index (χ1n) is 7.13. The lowest BCUT2D eigenvalue weighted by molar-refractivity contribution is -0.149. The highest BCUT2D eigenvalue weighted by molar-refractivity contribution is 5.74. The second kappa shape index (κ2) is 7.58. The zero-order valence-corrected chi connectivity index (χ0v) is 12.0. The molecule has 0 fully saturated rings. The first-order chi connectivity index (χ1) is 10.2.